The molecule has 1 aliphatic rings. The standard InChI is InChI=1S/C19H30BrN3O.HI/c1-3-15(12-16-6-5-7-17(20)13-16)14-22-19(21-4-2)23-10-8-18(24)9-11-23;/h5-7,13,15,18,24H,3-4,8-12,14H2,1-2H3,(H,21,22);1H. The molecule has 0 saturated carbocycles. The zero-order chi connectivity index (χ0) is 17.4. The van der Waals surface area contributed by atoms with Crippen molar-refractivity contribution in [2.75, 3.05) is 26.2 Å². The number of aliphatic hydroxyl groups is 1. The summed E-state index contributed by atoms with van der Waals surface area (Å²) < 4.78 is 1.14. The normalized spacial score (nSPS) is 17.1. The van der Waals surface area contributed by atoms with Crippen molar-refractivity contribution in [1.82, 2.24) is 10.2 Å². The second-order valence-electron chi connectivity index (χ2n) is 6.52. The van der Waals surface area contributed by atoms with Crippen molar-refractivity contribution >= 4 is 45.9 Å². The first-order chi connectivity index (χ1) is 11.6. The van der Waals surface area contributed by atoms with E-state index in [2.05, 4.69) is 64.3 Å². The number of likely N-dealkylation sites (tertiary alicyclic amines) is 1. The molecular weight excluding hydrogens is 493 g/mol. The van der Waals surface area contributed by atoms with Crippen molar-refractivity contribution in [1.29, 1.82) is 0 Å². The third-order valence-corrected chi connectivity index (χ3v) is 5.08. The van der Waals surface area contributed by atoms with Crippen LogP contribution in [0.4, 0.5) is 0 Å². The zero-order valence-corrected chi connectivity index (χ0v) is 19.2. The van der Waals surface area contributed by atoms with E-state index in [1.165, 1.54) is 5.56 Å². The third kappa shape index (κ3) is 7.83. The molecule has 0 spiro atoms. The molecule has 1 atom stereocenters. The fourth-order valence-electron chi connectivity index (χ4n) is 3.05. The Morgan fingerprint density at radius 2 is 2.08 bits per heavy atom. The molecule has 6 heteroatoms. The minimum absolute atomic E-state index is 0. The fraction of sp³-hybridized carbons (Fsp3) is 0.632. The lowest BCUT2D eigenvalue weighted by Gasteiger charge is -2.32. The molecule has 4 nitrogen and oxygen atoms in total. The largest absolute Gasteiger partial charge is 0.393 e. The van der Waals surface area contributed by atoms with E-state index in [9.17, 15) is 5.11 Å². The van der Waals surface area contributed by atoms with Crippen LogP contribution in [0.1, 0.15) is 38.7 Å². The zero-order valence-electron chi connectivity index (χ0n) is 15.2. The van der Waals surface area contributed by atoms with Crippen LogP contribution >= 0.6 is 39.9 Å². The van der Waals surface area contributed by atoms with Crippen LogP contribution in [0.25, 0.3) is 0 Å². The van der Waals surface area contributed by atoms with Crippen molar-refractivity contribution in [2.45, 2.75) is 45.6 Å². The van der Waals surface area contributed by atoms with E-state index >= 15 is 0 Å². The molecule has 1 unspecified atom stereocenters. The van der Waals surface area contributed by atoms with Crippen LogP contribution in [0.2, 0.25) is 0 Å². The van der Waals surface area contributed by atoms with Gasteiger partial charge in [-0.15, -0.1) is 24.0 Å². The molecule has 0 bridgehead atoms. The van der Waals surface area contributed by atoms with Gasteiger partial charge >= 0.3 is 0 Å². The number of halogens is 2. The number of hydrogen-bond donors (Lipinski definition) is 2. The number of nitrogens with zero attached hydrogens (tertiary/aromatic N) is 2. The lowest BCUT2D eigenvalue weighted by atomic mass is 9.97. The first-order valence-corrected chi connectivity index (χ1v) is 9.87. The number of guanidine groups is 1. The molecule has 1 aromatic rings. The predicted octanol–water partition coefficient (Wildman–Crippen LogP) is 4.06. The quantitative estimate of drug-likeness (QED) is 0.336. The molecular formula is C19H31BrIN3O. The molecule has 1 aliphatic heterocycles. The number of benzene rings is 1. The van der Waals surface area contributed by atoms with Gasteiger partial charge in [0, 0.05) is 30.7 Å². The minimum Gasteiger partial charge on any atom is -0.393 e. The Balaban J connectivity index is 0.00000312. The highest BCUT2D eigenvalue weighted by Gasteiger charge is 2.20. The summed E-state index contributed by atoms with van der Waals surface area (Å²) in [7, 11) is 0. The van der Waals surface area contributed by atoms with Crippen LogP contribution in [0, 0.1) is 5.92 Å². The second kappa shape index (κ2) is 12.1. The molecule has 0 amide bonds. The molecule has 0 aliphatic carbocycles. The lowest BCUT2D eigenvalue weighted by Crippen LogP contribution is -2.46. The van der Waals surface area contributed by atoms with Crippen LogP contribution in [-0.4, -0.2) is 48.2 Å². The van der Waals surface area contributed by atoms with Gasteiger partial charge in [0.05, 0.1) is 6.10 Å². The van der Waals surface area contributed by atoms with Gasteiger partial charge in [-0.05, 0) is 49.8 Å². The topological polar surface area (TPSA) is 47.9 Å². The maximum Gasteiger partial charge on any atom is 0.193 e. The van der Waals surface area contributed by atoms with Crippen molar-refractivity contribution in [2.24, 2.45) is 10.9 Å². The average molecular weight is 524 g/mol. The molecule has 142 valence electrons. The summed E-state index contributed by atoms with van der Waals surface area (Å²) in [5.41, 5.74) is 1.36. The summed E-state index contributed by atoms with van der Waals surface area (Å²) in [6.07, 6.45) is 3.69. The Kier molecular flexibility index (Phi) is 11.0. The van der Waals surface area contributed by atoms with E-state index < -0.39 is 0 Å². The van der Waals surface area contributed by atoms with Crippen molar-refractivity contribution in [3.8, 4) is 0 Å². The number of hydrogen-bond acceptors (Lipinski definition) is 2. The lowest BCUT2D eigenvalue weighted by molar-refractivity contribution is 0.108. The van der Waals surface area contributed by atoms with Gasteiger partial charge in [-0.2, -0.15) is 0 Å². The molecule has 1 fully saturated rings. The third-order valence-electron chi connectivity index (χ3n) is 4.59. The van der Waals surface area contributed by atoms with Crippen LogP contribution in [-0.2, 0) is 6.42 Å². The SMILES string of the molecule is CCNC(=NCC(CC)Cc1cccc(Br)c1)N1CCC(O)CC1.I. The van der Waals surface area contributed by atoms with E-state index in [1.54, 1.807) is 0 Å². The van der Waals surface area contributed by atoms with E-state index in [-0.39, 0.29) is 30.1 Å². The highest BCUT2D eigenvalue weighted by molar-refractivity contribution is 14.0. The summed E-state index contributed by atoms with van der Waals surface area (Å²) in [5.74, 6) is 1.54. The highest BCUT2D eigenvalue weighted by atomic mass is 127. The summed E-state index contributed by atoms with van der Waals surface area (Å²) in [6, 6.07) is 8.55. The van der Waals surface area contributed by atoms with E-state index in [0.29, 0.717) is 5.92 Å². The summed E-state index contributed by atoms with van der Waals surface area (Å²) in [5, 5.41) is 13.1. The van der Waals surface area contributed by atoms with Gasteiger partial charge in [0.15, 0.2) is 5.96 Å². The van der Waals surface area contributed by atoms with E-state index in [4.69, 9.17) is 4.99 Å². The Bertz CT molecular complexity index is 533. The number of nitrogens with one attached hydrogen (secondary N) is 1. The second-order valence-corrected chi connectivity index (χ2v) is 7.44. The monoisotopic (exact) mass is 523 g/mol. The van der Waals surface area contributed by atoms with Crippen LogP contribution < -0.4 is 5.32 Å². The Morgan fingerprint density at radius 3 is 2.68 bits per heavy atom. The Morgan fingerprint density at radius 1 is 1.36 bits per heavy atom. The number of piperidine rings is 1. The Hall–Kier alpha value is -0.340. The van der Waals surface area contributed by atoms with Crippen molar-refractivity contribution < 1.29 is 5.11 Å². The van der Waals surface area contributed by atoms with Crippen LogP contribution in [0.3, 0.4) is 0 Å². The molecule has 1 aromatic carbocycles. The van der Waals surface area contributed by atoms with Gasteiger partial charge in [-0.25, -0.2) is 0 Å². The van der Waals surface area contributed by atoms with E-state index in [0.717, 1.165) is 62.3 Å². The molecule has 25 heavy (non-hydrogen) atoms. The van der Waals surface area contributed by atoms with Crippen LogP contribution in [0.15, 0.2) is 33.7 Å². The van der Waals surface area contributed by atoms with Crippen LogP contribution in [0.5, 0.6) is 0 Å². The molecule has 1 saturated heterocycles. The first-order valence-electron chi connectivity index (χ1n) is 9.08. The summed E-state index contributed by atoms with van der Waals surface area (Å²) in [4.78, 5) is 7.17. The van der Waals surface area contributed by atoms with Gasteiger partial charge in [0.2, 0.25) is 0 Å². The molecule has 2 rings (SSSR count). The molecule has 0 aromatic heterocycles. The van der Waals surface area contributed by atoms with Gasteiger partial charge in [-0.1, -0.05) is 41.4 Å². The molecule has 2 N–H and O–H groups in total. The van der Waals surface area contributed by atoms with Crippen molar-refractivity contribution in [3.05, 3.63) is 34.3 Å². The predicted molar refractivity (Wildman–Crippen MR) is 120 cm³/mol. The molecule has 0 radical (unpaired) electrons. The van der Waals surface area contributed by atoms with E-state index in [1.807, 2.05) is 0 Å². The molecule has 1 heterocycles. The van der Waals surface area contributed by atoms with Gasteiger partial charge in [0.1, 0.15) is 0 Å². The number of aliphatic imine (C=N–C) groups is 1. The minimum atomic E-state index is -0.149. The maximum absolute atomic E-state index is 9.69. The average Bonchev–Trinajstić information content (AvgIpc) is 2.58. The maximum atomic E-state index is 9.69. The summed E-state index contributed by atoms with van der Waals surface area (Å²) >= 11 is 3.55. The van der Waals surface area contributed by atoms with Crippen molar-refractivity contribution in [3.63, 3.8) is 0 Å². The number of rotatable bonds is 6. The fourth-order valence-corrected chi connectivity index (χ4v) is 3.50. The van der Waals surface area contributed by atoms with Gasteiger partial charge < -0.3 is 15.3 Å². The van der Waals surface area contributed by atoms with Gasteiger partial charge in [-0.3, -0.25) is 4.99 Å². The summed E-state index contributed by atoms with van der Waals surface area (Å²) in [6.45, 7) is 7.82. The first kappa shape index (κ1) is 22.7. The highest BCUT2D eigenvalue weighted by Crippen LogP contribution is 2.17. The van der Waals surface area contributed by atoms with Gasteiger partial charge in [0.25, 0.3) is 0 Å². The smallest absolute Gasteiger partial charge is 0.193 e. The Labute approximate surface area is 177 Å². The number of aliphatic hydroxyl groups excluding tert-OH is 1.